The molecule has 2 heteroatoms. The number of hydrogen-bond acceptors (Lipinski definition) is 2. The number of thioether (sulfide) groups is 1. The van der Waals surface area contributed by atoms with Crippen molar-refractivity contribution in [3.63, 3.8) is 0 Å². The van der Waals surface area contributed by atoms with E-state index in [0.717, 1.165) is 5.92 Å². The predicted molar refractivity (Wildman–Crippen MR) is 53.4 cm³/mol. The lowest BCUT2D eigenvalue weighted by molar-refractivity contribution is 0.579. The van der Waals surface area contributed by atoms with Gasteiger partial charge >= 0.3 is 0 Å². The van der Waals surface area contributed by atoms with Gasteiger partial charge in [0.25, 0.3) is 0 Å². The van der Waals surface area contributed by atoms with Gasteiger partial charge in [0.05, 0.1) is 5.37 Å². The van der Waals surface area contributed by atoms with Gasteiger partial charge in [-0.15, -0.1) is 11.8 Å². The van der Waals surface area contributed by atoms with Gasteiger partial charge in [-0.3, -0.25) is 4.99 Å². The Balaban J connectivity index is 2.41. The fourth-order valence-electron chi connectivity index (χ4n) is 1.21. The molecular weight excluding hydrogens is 154 g/mol. The highest BCUT2D eigenvalue weighted by atomic mass is 32.2. The van der Waals surface area contributed by atoms with E-state index in [4.69, 9.17) is 0 Å². The third kappa shape index (κ3) is 2.51. The van der Waals surface area contributed by atoms with Crippen molar-refractivity contribution in [3.8, 4) is 0 Å². The quantitative estimate of drug-likeness (QED) is 0.622. The van der Waals surface area contributed by atoms with Crippen LogP contribution in [-0.2, 0) is 0 Å². The number of hydrogen-bond donors (Lipinski definition) is 0. The summed E-state index contributed by atoms with van der Waals surface area (Å²) in [4.78, 5) is 4.59. The summed E-state index contributed by atoms with van der Waals surface area (Å²) in [6.07, 6.45) is 1.23. The highest BCUT2D eigenvalue weighted by molar-refractivity contribution is 8.01. The summed E-state index contributed by atoms with van der Waals surface area (Å²) in [6.45, 7) is 8.89. The summed E-state index contributed by atoms with van der Waals surface area (Å²) in [5.41, 5.74) is 1.32. The van der Waals surface area contributed by atoms with Crippen LogP contribution in [0.2, 0.25) is 0 Å². The number of rotatable bonds is 2. The molecule has 0 aromatic heterocycles. The summed E-state index contributed by atoms with van der Waals surface area (Å²) in [7, 11) is 0. The monoisotopic (exact) mass is 171 g/mol. The molecule has 2 atom stereocenters. The summed E-state index contributed by atoms with van der Waals surface area (Å²) in [6, 6.07) is 0. The average Bonchev–Trinajstić information content (AvgIpc) is 2.10. The third-order valence-corrected chi connectivity index (χ3v) is 3.33. The molecule has 0 bridgehead atoms. The van der Waals surface area contributed by atoms with Gasteiger partial charge in [-0.25, -0.2) is 0 Å². The fraction of sp³-hybridized carbons (Fsp3) is 0.889. The number of nitrogens with zero attached hydrogens (tertiary/aromatic N) is 1. The molecule has 64 valence electrons. The first-order valence-electron chi connectivity index (χ1n) is 4.29. The van der Waals surface area contributed by atoms with Crippen LogP contribution >= 0.6 is 11.8 Å². The molecule has 1 aliphatic rings. The molecule has 0 aliphatic carbocycles. The smallest absolute Gasteiger partial charge is 0.0959 e. The average molecular weight is 171 g/mol. The highest BCUT2D eigenvalue weighted by Crippen LogP contribution is 2.31. The molecule has 1 rings (SSSR count). The van der Waals surface area contributed by atoms with Crippen molar-refractivity contribution < 1.29 is 0 Å². The minimum atomic E-state index is 0.546. The van der Waals surface area contributed by atoms with Gasteiger partial charge in [-0.2, -0.15) is 0 Å². The van der Waals surface area contributed by atoms with Crippen LogP contribution in [-0.4, -0.2) is 16.3 Å². The first-order chi connectivity index (χ1) is 5.09. The topological polar surface area (TPSA) is 12.4 Å². The number of aliphatic imine (C=N–C) groups is 1. The highest BCUT2D eigenvalue weighted by Gasteiger charge is 2.22. The van der Waals surface area contributed by atoms with Crippen LogP contribution < -0.4 is 0 Å². The Morgan fingerprint density at radius 3 is 2.55 bits per heavy atom. The molecule has 1 aliphatic heterocycles. The van der Waals surface area contributed by atoms with Gasteiger partial charge in [0, 0.05) is 11.0 Å². The van der Waals surface area contributed by atoms with Gasteiger partial charge < -0.3 is 0 Å². The maximum Gasteiger partial charge on any atom is 0.0959 e. The third-order valence-electron chi connectivity index (χ3n) is 1.97. The molecule has 0 fully saturated rings. The fourth-order valence-corrected chi connectivity index (χ4v) is 2.66. The SMILES string of the molecule is CC1=N[C@@H](CC(C)C)S[C@H]1C. The first-order valence-corrected chi connectivity index (χ1v) is 5.23. The predicted octanol–water partition coefficient (Wildman–Crippen LogP) is 2.95. The summed E-state index contributed by atoms with van der Waals surface area (Å²) in [5.74, 6) is 0.773. The Labute approximate surface area is 73.7 Å². The van der Waals surface area contributed by atoms with Gasteiger partial charge in [-0.05, 0) is 26.2 Å². The zero-order chi connectivity index (χ0) is 8.43. The Kier molecular flexibility index (Phi) is 2.99. The lowest BCUT2D eigenvalue weighted by Crippen LogP contribution is -2.03. The van der Waals surface area contributed by atoms with Gasteiger partial charge in [0.1, 0.15) is 0 Å². The first kappa shape index (κ1) is 9.11. The second-order valence-electron chi connectivity index (χ2n) is 3.63. The van der Waals surface area contributed by atoms with E-state index >= 15 is 0 Å². The molecule has 0 radical (unpaired) electrons. The van der Waals surface area contributed by atoms with Gasteiger partial charge in [0.15, 0.2) is 0 Å². The largest absolute Gasteiger partial charge is 0.279 e. The summed E-state index contributed by atoms with van der Waals surface area (Å²) >= 11 is 2.00. The lowest BCUT2D eigenvalue weighted by atomic mass is 10.1. The molecule has 0 amide bonds. The van der Waals surface area contributed by atoms with Gasteiger partial charge in [0.2, 0.25) is 0 Å². The molecule has 0 unspecified atom stereocenters. The second-order valence-corrected chi connectivity index (χ2v) is 5.16. The molecule has 11 heavy (non-hydrogen) atoms. The Morgan fingerprint density at radius 1 is 1.55 bits per heavy atom. The van der Waals surface area contributed by atoms with Crippen molar-refractivity contribution in [2.24, 2.45) is 10.9 Å². The zero-order valence-corrected chi connectivity index (χ0v) is 8.61. The Bertz CT molecular complexity index is 163. The van der Waals surface area contributed by atoms with Crippen LogP contribution in [0.4, 0.5) is 0 Å². The zero-order valence-electron chi connectivity index (χ0n) is 7.79. The standard InChI is InChI=1S/C9H17NS/c1-6(2)5-9-10-7(3)8(4)11-9/h6,8-9H,5H2,1-4H3/t8-,9+/m0/s1. The maximum atomic E-state index is 4.59. The molecule has 0 N–H and O–H groups in total. The van der Waals surface area contributed by atoms with Crippen LogP contribution in [0, 0.1) is 5.92 Å². The van der Waals surface area contributed by atoms with E-state index in [1.807, 2.05) is 11.8 Å². The summed E-state index contributed by atoms with van der Waals surface area (Å²) < 4.78 is 0. The molecule has 1 nitrogen and oxygen atoms in total. The van der Waals surface area contributed by atoms with E-state index in [1.54, 1.807) is 0 Å². The molecule has 0 spiro atoms. The normalized spacial score (nSPS) is 31.2. The van der Waals surface area contributed by atoms with Crippen molar-refractivity contribution in [1.82, 2.24) is 0 Å². The Morgan fingerprint density at radius 2 is 2.18 bits per heavy atom. The Hall–Kier alpha value is 0.0200. The van der Waals surface area contributed by atoms with Crippen molar-refractivity contribution >= 4 is 17.5 Å². The molecule has 0 aromatic rings. The maximum absolute atomic E-state index is 4.59. The van der Waals surface area contributed by atoms with Crippen molar-refractivity contribution in [2.45, 2.75) is 44.7 Å². The molecular formula is C9H17NS. The molecule has 1 heterocycles. The van der Waals surface area contributed by atoms with Gasteiger partial charge in [-0.1, -0.05) is 13.8 Å². The van der Waals surface area contributed by atoms with Crippen LogP contribution in [0.1, 0.15) is 34.1 Å². The lowest BCUT2D eigenvalue weighted by Gasteiger charge is -2.09. The van der Waals surface area contributed by atoms with Crippen LogP contribution in [0.25, 0.3) is 0 Å². The van der Waals surface area contributed by atoms with E-state index < -0.39 is 0 Å². The van der Waals surface area contributed by atoms with E-state index in [9.17, 15) is 0 Å². The van der Waals surface area contributed by atoms with E-state index in [2.05, 4.69) is 32.7 Å². The van der Waals surface area contributed by atoms with Crippen LogP contribution in [0.15, 0.2) is 4.99 Å². The van der Waals surface area contributed by atoms with E-state index in [0.29, 0.717) is 10.6 Å². The van der Waals surface area contributed by atoms with E-state index in [1.165, 1.54) is 12.1 Å². The van der Waals surface area contributed by atoms with Crippen LogP contribution in [0.5, 0.6) is 0 Å². The molecule has 0 saturated heterocycles. The minimum absolute atomic E-state index is 0.546. The summed E-state index contributed by atoms with van der Waals surface area (Å²) in [5, 5.41) is 1.20. The second kappa shape index (κ2) is 3.61. The molecule has 0 saturated carbocycles. The van der Waals surface area contributed by atoms with Crippen molar-refractivity contribution in [1.29, 1.82) is 0 Å². The minimum Gasteiger partial charge on any atom is -0.279 e. The van der Waals surface area contributed by atoms with Crippen LogP contribution in [0.3, 0.4) is 0 Å². The van der Waals surface area contributed by atoms with E-state index in [-0.39, 0.29) is 0 Å². The molecule has 0 aromatic carbocycles. The van der Waals surface area contributed by atoms with Crippen molar-refractivity contribution in [3.05, 3.63) is 0 Å². The van der Waals surface area contributed by atoms with Crippen molar-refractivity contribution in [2.75, 3.05) is 0 Å².